The fourth-order valence-corrected chi connectivity index (χ4v) is 4.56. The number of carboxylic acids is 1. The van der Waals surface area contributed by atoms with E-state index in [0.717, 1.165) is 27.2 Å². The van der Waals surface area contributed by atoms with Crippen LogP contribution in [-0.2, 0) is 14.3 Å². The number of carboxylic acid groups (broad SMARTS) is 1. The van der Waals surface area contributed by atoms with Gasteiger partial charge >= 0.3 is 18.2 Å². The first kappa shape index (κ1) is 23.6. The quantitative estimate of drug-likeness (QED) is 0.634. The fraction of sp³-hybridized carbons (Fsp3) is 0.375. The van der Waals surface area contributed by atoms with Crippen molar-refractivity contribution in [3.63, 3.8) is 0 Å². The molecule has 1 aliphatic carbocycles. The van der Waals surface area contributed by atoms with Gasteiger partial charge in [-0.3, -0.25) is 9.59 Å². The monoisotopic (exact) mass is 476 g/mol. The van der Waals surface area contributed by atoms with Crippen molar-refractivity contribution < 1.29 is 37.4 Å². The number of ether oxygens (including phenoxy) is 1. The Balaban J connectivity index is 1.40. The van der Waals surface area contributed by atoms with Crippen molar-refractivity contribution in [3.8, 4) is 11.1 Å². The second kappa shape index (κ2) is 9.36. The molecular formula is C24H23F3N2O5. The largest absolute Gasteiger partial charge is 0.481 e. The third-order valence-corrected chi connectivity index (χ3v) is 6.10. The number of fused-ring (bicyclic) bond motifs is 3. The van der Waals surface area contributed by atoms with Crippen molar-refractivity contribution >= 4 is 18.0 Å². The van der Waals surface area contributed by atoms with Crippen molar-refractivity contribution in [2.24, 2.45) is 5.92 Å². The highest BCUT2D eigenvalue weighted by atomic mass is 19.4. The van der Waals surface area contributed by atoms with E-state index in [4.69, 9.17) is 9.84 Å². The Morgan fingerprint density at radius 2 is 1.59 bits per heavy atom. The van der Waals surface area contributed by atoms with Gasteiger partial charge in [0.1, 0.15) is 12.6 Å². The highest BCUT2D eigenvalue weighted by molar-refractivity contribution is 5.86. The summed E-state index contributed by atoms with van der Waals surface area (Å²) in [4.78, 5) is 36.9. The van der Waals surface area contributed by atoms with Crippen LogP contribution in [-0.4, -0.2) is 59.9 Å². The van der Waals surface area contributed by atoms with Crippen LogP contribution in [0.25, 0.3) is 11.1 Å². The summed E-state index contributed by atoms with van der Waals surface area (Å²) in [6, 6.07) is 13.4. The zero-order valence-corrected chi connectivity index (χ0v) is 18.0. The van der Waals surface area contributed by atoms with Crippen LogP contribution in [0.4, 0.5) is 18.0 Å². The highest BCUT2D eigenvalue weighted by Crippen LogP contribution is 2.44. The molecule has 1 fully saturated rings. The van der Waals surface area contributed by atoms with Crippen LogP contribution in [0.2, 0.25) is 0 Å². The van der Waals surface area contributed by atoms with Gasteiger partial charge in [0.25, 0.3) is 0 Å². The number of amides is 2. The maximum absolute atomic E-state index is 13.1. The summed E-state index contributed by atoms with van der Waals surface area (Å²) in [6.07, 6.45) is -7.53. The minimum absolute atomic E-state index is 0.0336. The molecule has 2 amide bonds. The van der Waals surface area contributed by atoms with Crippen LogP contribution in [0.5, 0.6) is 0 Å². The van der Waals surface area contributed by atoms with Crippen LogP contribution in [0.15, 0.2) is 48.5 Å². The number of carbonyl (C=O) groups is 3. The summed E-state index contributed by atoms with van der Waals surface area (Å²) in [7, 11) is 0. The maximum Gasteiger partial charge on any atom is 0.407 e. The van der Waals surface area contributed by atoms with Gasteiger partial charge in [0.15, 0.2) is 0 Å². The SMILES string of the molecule is O=C(O)CC1CN(C(=O)C(CC(F)(F)F)NC(=O)OCC2c3ccccc3-c3ccccc32)C1. The number of alkyl carbamates (subject to hydrolysis) is 1. The number of benzene rings is 2. The van der Waals surface area contributed by atoms with E-state index >= 15 is 0 Å². The van der Waals surface area contributed by atoms with Crippen molar-refractivity contribution in [1.82, 2.24) is 10.2 Å². The van der Waals surface area contributed by atoms with E-state index in [1.165, 1.54) is 0 Å². The molecule has 1 heterocycles. The molecule has 0 aromatic heterocycles. The van der Waals surface area contributed by atoms with Crippen LogP contribution in [0.3, 0.4) is 0 Å². The predicted molar refractivity (Wildman–Crippen MR) is 115 cm³/mol. The van der Waals surface area contributed by atoms with Crippen molar-refractivity contribution in [3.05, 3.63) is 59.7 Å². The first-order chi connectivity index (χ1) is 16.1. The molecule has 34 heavy (non-hydrogen) atoms. The Kier molecular flexibility index (Phi) is 6.49. The third-order valence-electron chi connectivity index (χ3n) is 6.10. The van der Waals surface area contributed by atoms with E-state index in [-0.39, 0.29) is 38.0 Å². The smallest absolute Gasteiger partial charge is 0.407 e. The molecule has 1 unspecified atom stereocenters. The number of hydrogen-bond acceptors (Lipinski definition) is 4. The van der Waals surface area contributed by atoms with Crippen LogP contribution in [0, 0.1) is 5.92 Å². The number of nitrogens with one attached hydrogen (secondary N) is 1. The Morgan fingerprint density at radius 1 is 1.03 bits per heavy atom. The number of rotatable bonds is 7. The van der Waals surface area contributed by atoms with Crippen LogP contribution in [0.1, 0.15) is 29.9 Å². The van der Waals surface area contributed by atoms with Crippen molar-refractivity contribution in [2.75, 3.05) is 19.7 Å². The Morgan fingerprint density at radius 3 is 2.12 bits per heavy atom. The summed E-state index contributed by atoms with van der Waals surface area (Å²) in [5.41, 5.74) is 3.91. The molecule has 1 aliphatic heterocycles. The molecule has 2 aromatic carbocycles. The van der Waals surface area contributed by atoms with E-state index in [1.807, 2.05) is 48.5 Å². The average molecular weight is 476 g/mol. The Hall–Kier alpha value is -3.56. The molecule has 2 N–H and O–H groups in total. The summed E-state index contributed by atoms with van der Waals surface area (Å²) in [5, 5.41) is 10.9. The molecule has 2 aliphatic rings. The number of nitrogens with zero attached hydrogens (tertiary/aromatic N) is 1. The molecule has 4 rings (SSSR count). The van der Waals surface area contributed by atoms with E-state index in [0.29, 0.717) is 0 Å². The Labute approximate surface area is 193 Å². The molecule has 7 nitrogen and oxygen atoms in total. The van der Waals surface area contributed by atoms with Gasteiger partial charge in [-0.1, -0.05) is 48.5 Å². The summed E-state index contributed by atoms with van der Waals surface area (Å²) in [5.74, 6) is -2.54. The van der Waals surface area contributed by atoms with Crippen LogP contribution < -0.4 is 5.32 Å². The minimum Gasteiger partial charge on any atom is -0.481 e. The normalized spacial score (nSPS) is 16.3. The van der Waals surface area contributed by atoms with E-state index < -0.39 is 36.6 Å². The zero-order chi connectivity index (χ0) is 24.5. The van der Waals surface area contributed by atoms with Gasteiger partial charge in [-0.15, -0.1) is 0 Å². The van der Waals surface area contributed by atoms with Gasteiger partial charge in [0.05, 0.1) is 12.8 Å². The summed E-state index contributed by atoms with van der Waals surface area (Å²) < 4.78 is 44.5. The summed E-state index contributed by atoms with van der Waals surface area (Å²) >= 11 is 0. The second-order valence-electron chi connectivity index (χ2n) is 8.55. The van der Waals surface area contributed by atoms with E-state index in [9.17, 15) is 27.6 Å². The third kappa shape index (κ3) is 5.16. The maximum atomic E-state index is 13.1. The lowest BCUT2D eigenvalue weighted by Crippen LogP contribution is -2.58. The number of hydrogen-bond donors (Lipinski definition) is 2. The van der Waals surface area contributed by atoms with Gasteiger partial charge in [-0.2, -0.15) is 13.2 Å². The lowest BCUT2D eigenvalue weighted by molar-refractivity contribution is -0.158. The minimum atomic E-state index is -4.69. The van der Waals surface area contributed by atoms with Gasteiger partial charge in [-0.05, 0) is 22.3 Å². The highest BCUT2D eigenvalue weighted by Gasteiger charge is 2.42. The molecule has 0 radical (unpaired) electrons. The van der Waals surface area contributed by atoms with E-state index in [1.54, 1.807) is 0 Å². The summed E-state index contributed by atoms with van der Waals surface area (Å²) in [6.45, 7) is -0.0328. The fourth-order valence-electron chi connectivity index (χ4n) is 4.56. The molecule has 10 heteroatoms. The molecule has 0 spiro atoms. The standard InChI is InChI=1S/C24H23F3N2O5/c25-24(26,27)10-20(22(32)29-11-14(12-29)9-21(30)31)28-23(33)34-13-19-17-7-3-1-5-15(17)16-6-2-4-8-18(16)19/h1-8,14,19-20H,9-13H2,(H,28,33)(H,30,31). The van der Waals surface area contributed by atoms with Crippen molar-refractivity contribution in [2.45, 2.75) is 31.0 Å². The molecule has 1 saturated heterocycles. The topological polar surface area (TPSA) is 95.9 Å². The zero-order valence-electron chi connectivity index (χ0n) is 18.0. The molecule has 180 valence electrons. The number of halogens is 3. The number of likely N-dealkylation sites (tertiary alicyclic amines) is 1. The average Bonchev–Trinajstić information content (AvgIpc) is 3.06. The number of aliphatic carboxylic acids is 1. The first-order valence-corrected chi connectivity index (χ1v) is 10.8. The van der Waals surface area contributed by atoms with Crippen LogP contribution >= 0.6 is 0 Å². The van der Waals surface area contributed by atoms with E-state index in [2.05, 4.69) is 5.32 Å². The lowest BCUT2D eigenvalue weighted by atomic mass is 9.95. The van der Waals surface area contributed by atoms with Gasteiger partial charge in [0, 0.05) is 24.9 Å². The second-order valence-corrected chi connectivity index (χ2v) is 8.55. The van der Waals surface area contributed by atoms with Gasteiger partial charge in [-0.25, -0.2) is 4.79 Å². The van der Waals surface area contributed by atoms with Gasteiger partial charge < -0.3 is 20.1 Å². The van der Waals surface area contributed by atoms with Crippen molar-refractivity contribution in [1.29, 1.82) is 0 Å². The molecule has 1 atom stereocenters. The predicted octanol–water partition coefficient (Wildman–Crippen LogP) is 3.78. The Bertz CT molecular complexity index is 1050. The lowest BCUT2D eigenvalue weighted by Gasteiger charge is -2.40. The molecular weight excluding hydrogens is 453 g/mol. The molecule has 0 bridgehead atoms. The molecule has 2 aromatic rings. The number of alkyl halides is 3. The van der Waals surface area contributed by atoms with Gasteiger partial charge in [0.2, 0.25) is 5.91 Å². The first-order valence-electron chi connectivity index (χ1n) is 10.8. The number of carbonyl (C=O) groups excluding carboxylic acids is 2. The molecule has 0 saturated carbocycles.